The van der Waals surface area contributed by atoms with Gasteiger partial charge in [-0.2, -0.15) is 4.98 Å². The highest BCUT2D eigenvalue weighted by atomic mass is 19.1. The zero-order valence-corrected chi connectivity index (χ0v) is 18.4. The largest absolute Gasteiger partial charge is 0.403 e. The number of benzene rings is 1. The van der Waals surface area contributed by atoms with Crippen LogP contribution in [0.3, 0.4) is 0 Å². The number of nitrogens with one attached hydrogen (secondary N) is 3. The van der Waals surface area contributed by atoms with E-state index in [2.05, 4.69) is 49.1 Å². The molecule has 1 aromatic carbocycles. The van der Waals surface area contributed by atoms with Crippen molar-refractivity contribution in [2.45, 2.75) is 6.92 Å². The zero-order valence-electron chi connectivity index (χ0n) is 18.4. The lowest BCUT2D eigenvalue weighted by molar-refractivity contribution is 0.632. The fourth-order valence-electron chi connectivity index (χ4n) is 2.82. The summed E-state index contributed by atoms with van der Waals surface area (Å²) in [6, 6.07) is 8.35. The van der Waals surface area contributed by atoms with E-state index in [9.17, 15) is 4.39 Å². The highest BCUT2D eigenvalue weighted by Crippen LogP contribution is 2.31. The van der Waals surface area contributed by atoms with E-state index in [1.165, 1.54) is 18.5 Å². The summed E-state index contributed by atoms with van der Waals surface area (Å²) < 4.78 is 14.7. The molecule has 2 heterocycles. The van der Waals surface area contributed by atoms with Crippen molar-refractivity contribution >= 4 is 29.4 Å². The summed E-state index contributed by atoms with van der Waals surface area (Å²) >= 11 is 0. The highest BCUT2D eigenvalue weighted by molar-refractivity contribution is 5.83. The van der Waals surface area contributed by atoms with Crippen LogP contribution in [0.25, 0.3) is 11.1 Å². The molecule has 0 unspecified atom stereocenters. The second-order valence-corrected chi connectivity index (χ2v) is 6.95. The van der Waals surface area contributed by atoms with Gasteiger partial charge >= 0.3 is 0 Å². The molecular weight excluding hydrogens is 419 g/mol. The second-order valence-electron chi connectivity index (χ2n) is 6.95. The molecule has 0 aliphatic heterocycles. The van der Waals surface area contributed by atoms with Crippen LogP contribution in [0.4, 0.5) is 27.5 Å². The zero-order chi connectivity index (χ0) is 23.8. The maximum Gasteiger partial charge on any atom is 0.229 e. The van der Waals surface area contributed by atoms with Gasteiger partial charge in [-0.1, -0.05) is 19.2 Å². The fraction of sp³-hybridized carbons (Fsp3) is 0.0833. The van der Waals surface area contributed by atoms with Gasteiger partial charge in [0.1, 0.15) is 11.6 Å². The minimum absolute atomic E-state index is 0.215. The monoisotopic (exact) mass is 444 g/mol. The molecule has 0 aliphatic carbocycles. The number of nitrogens with zero attached hydrogens (tertiary/aromatic N) is 4. The van der Waals surface area contributed by atoms with Crippen LogP contribution < -0.4 is 21.7 Å². The van der Waals surface area contributed by atoms with Crippen LogP contribution in [0.1, 0.15) is 5.69 Å². The van der Waals surface area contributed by atoms with Gasteiger partial charge in [-0.25, -0.2) is 9.37 Å². The number of hydrogen-bond donors (Lipinski definition) is 4. The Bertz CT molecular complexity index is 1220. The quantitative estimate of drug-likeness (QED) is 0.278. The molecule has 0 saturated heterocycles. The van der Waals surface area contributed by atoms with Crippen molar-refractivity contribution in [2.24, 2.45) is 10.7 Å². The molecule has 33 heavy (non-hydrogen) atoms. The van der Waals surface area contributed by atoms with Gasteiger partial charge in [0.05, 0.1) is 11.4 Å². The number of allylic oxidation sites excluding steroid dienone is 2. The van der Waals surface area contributed by atoms with Crippen molar-refractivity contribution in [2.75, 3.05) is 23.0 Å². The molecule has 8 nitrogen and oxygen atoms in total. The Labute approximate surface area is 191 Å². The number of pyridine rings is 1. The third kappa shape index (κ3) is 6.01. The predicted octanol–water partition coefficient (Wildman–Crippen LogP) is 4.75. The first kappa shape index (κ1) is 23.1. The second kappa shape index (κ2) is 10.7. The molecule has 0 bridgehead atoms. The maximum absolute atomic E-state index is 14.7. The minimum atomic E-state index is -0.452. The standard InChI is InChI=1S/C24H25FN8/c1-5-15(2)30-18-8-9-21(25)22(10-18)32-23-20(17-7-6-16(3)28-12-17)14-29-24(33-23)31-19(11-26)13-27-4/h5-14,30H,1-2,26H2,3-4H3,(H2,29,31,32,33)/b19-11+,27-13?. The summed E-state index contributed by atoms with van der Waals surface area (Å²) in [7, 11) is 1.62. The molecule has 0 atom stereocenters. The van der Waals surface area contributed by atoms with E-state index in [1.807, 2.05) is 19.1 Å². The van der Waals surface area contributed by atoms with Crippen LogP contribution in [-0.4, -0.2) is 28.2 Å². The van der Waals surface area contributed by atoms with Crippen LogP contribution in [0.2, 0.25) is 0 Å². The van der Waals surface area contributed by atoms with Gasteiger partial charge in [0.2, 0.25) is 5.95 Å². The number of halogens is 1. The Balaban J connectivity index is 2.04. The molecular formula is C24H25FN8. The summed E-state index contributed by atoms with van der Waals surface area (Å²) in [5, 5.41) is 9.11. The third-order valence-electron chi connectivity index (χ3n) is 4.49. The lowest BCUT2D eigenvalue weighted by Crippen LogP contribution is -2.09. The van der Waals surface area contributed by atoms with E-state index >= 15 is 0 Å². The molecule has 0 amide bonds. The van der Waals surface area contributed by atoms with Crippen molar-refractivity contribution < 1.29 is 4.39 Å². The third-order valence-corrected chi connectivity index (χ3v) is 4.49. The highest BCUT2D eigenvalue weighted by Gasteiger charge is 2.14. The summed E-state index contributed by atoms with van der Waals surface area (Å²) in [5.74, 6) is 0.181. The first-order valence-electron chi connectivity index (χ1n) is 9.99. The number of rotatable bonds is 9. The topological polar surface area (TPSA) is 113 Å². The molecule has 0 fully saturated rings. The van der Waals surface area contributed by atoms with E-state index in [0.29, 0.717) is 28.5 Å². The van der Waals surface area contributed by atoms with Crippen molar-refractivity contribution in [1.29, 1.82) is 0 Å². The fourth-order valence-corrected chi connectivity index (χ4v) is 2.82. The van der Waals surface area contributed by atoms with Crippen LogP contribution in [0.5, 0.6) is 0 Å². The minimum Gasteiger partial charge on any atom is -0.403 e. The summed E-state index contributed by atoms with van der Waals surface area (Å²) in [5.41, 5.74) is 9.86. The van der Waals surface area contributed by atoms with Gasteiger partial charge in [0.15, 0.2) is 0 Å². The molecule has 0 spiro atoms. The molecule has 0 radical (unpaired) electrons. The molecule has 2 aromatic heterocycles. The smallest absolute Gasteiger partial charge is 0.229 e. The molecule has 0 saturated carbocycles. The number of aliphatic imine (C=N–C) groups is 1. The number of anilines is 4. The summed E-state index contributed by atoms with van der Waals surface area (Å²) in [6.45, 7) is 9.38. The average molecular weight is 445 g/mol. The molecule has 3 aromatic rings. The van der Waals surface area contributed by atoms with E-state index in [0.717, 1.165) is 11.3 Å². The van der Waals surface area contributed by atoms with Crippen LogP contribution in [-0.2, 0) is 0 Å². The Hall–Kier alpha value is -4.53. The van der Waals surface area contributed by atoms with Gasteiger partial charge in [-0.3, -0.25) is 9.98 Å². The van der Waals surface area contributed by atoms with Gasteiger partial charge in [-0.15, -0.1) is 0 Å². The van der Waals surface area contributed by atoms with Gasteiger partial charge in [0, 0.05) is 60.1 Å². The van der Waals surface area contributed by atoms with Gasteiger partial charge in [-0.05, 0) is 37.3 Å². The summed E-state index contributed by atoms with van der Waals surface area (Å²) in [6.07, 6.45) is 7.80. The molecule has 3 rings (SSSR count). The molecule has 5 N–H and O–H groups in total. The Morgan fingerprint density at radius 2 is 1.97 bits per heavy atom. The Morgan fingerprint density at radius 3 is 2.64 bits per heavy atom. The summed E-state index contributed by atoms with van der Waals surface area (Å²) in [4.78, 5) is 17.2. The van der Waals surface area contributed by atoms with E-state index in [-0.39, 0.29) is 11.6 Å². The normalized spacial score (nSPS) is 11.3. The number of nitrogens with two attached hydrogens (primary N) is 1. The van der Waals surface area contributed by atoms with Crippen molar-refractivity contribution in [3.63, 3.8) is 0 Å². The van der Waals surface area contributed by atoms with Gasteiger partial charge in [0.25, 0.3) is 0 Å². The van der Waals surface area contributed by atoms with E-state index in [4.69, 9.17) is 5.73 Å². The van der Waals surface area contributed by atoms with E-state index in [1.54, 1.807) is 37.7 Å². The molecule has 9 heteroatoms. The van der Waals surface area contributed by atoms with Crippen LogP contribution in [0.15, 0.2) is 84.5 Å². The van der Waals surface area contributed by atoms with Crippen molar-refractivity contribution in [1.82, 2.24) is 15.0 Å². The van der Waals surface area contributed by atoms with Crippen molar-refractivity contribution in [3.05, 3.63) is 91.1 Å². The average Bonchev–Trinajstić information content (AvgIpc) is 2.81. The number of aryl methyl sites for hydroxylation is 1. The van der Waals surface area contributed by atoms with Crippen LogP contribution >= 0.6 is 0 Å². The number of hydrogen-bond acceptors (Lipinski definition) is 8. The SMILES string of the molecule is C=CC(=C)Nc1ccc(F)c(Nc2nc(N/C(C=NC)=C/N)ncc2-c2ccc(C)nc2)c1. The van der Waals surface area contributed by atoms with Crippen molar-refractivity contribution in [3.8, 4) is 11.1 Å². The predicted molar refractivity (Wildman–Crippen MR) is 133 cm³/mol. The first-order valence-corrected chi connectivity index (χ1v) is 9.99. The lowest BCUT2D eigenvalue weighted by Gasteiger charge is -2.15. The lowest BCUT2D eigenvalue weighted by atomic mass is 10.1. The molecule has 168 valence electrons. The Morgan fingerprint density at radius 1 is 1.15 bits per heavy atom. The number of aromatic nitrogens is 3. The van der Waals surface area contributed by atoms with Gasteiger partial charge < -0.3 is 21.7 Å². The van der Waals surface area contributed by atoms with E-state index < -0.39 is 5.82 Å². The Kier molecular flexibility index (Phi) is 7.48. The molecule has 0 aliphatic rings. The first-order chi connectivity index (χ1) is 15.9. The maximum atomic E-state index is 14.7. The van der Waals surface area contributed by atoms with Crippen LogP contribution in [0, 0.1) is 12.7 Å².